The van der Waals surface area contributed by atoms with Crippen LogP contribution in [0.15, 0.2) is 78.1 Å². The molecule has 0 unspecified atom stereocenters. The lowest BCUT2D eigenvalue weighted by molar-refractivity contribution is 0.415. The number of fused-ring (bicyclic) bond motifs is 1. The van der Waals surface area contributed by atoms with E-state index in [0.717, 1.165) is 22.8 Å². The van der Waals surface area contributed by atoms with Crippen LogP contribution in [0, 0.1) is 0 Å². The first-order valence-electron chi connectivity index (χ1n) is 8.54. The molecule has 0 fully saturated rings. The van der Waals surface area contributed by atoms with Crippen molar-refractivity contribution in [3.05, 3.63) is 78.5 Å². The third-order valence-electron chi connectivity index (χ3n) is 4.03. The second-order valence-electron chi connectivity index (χ2n) is 5.79. The molecule has 2 aromatic heterocycles. The molecule has 4 aromatic rings. The van der Waals surface area contributed by atoms with E-state index in [1.54, 1.807) is 29.6 Å². The van der Waals surface area contributed by atoms with Crippen molar-refractivity contribution in [2.75, 3.05) is 12.9 Å². The quantitative estimate of drug-likeness (QED) is 0.462. The lowest BCUT2D eigenvalue weighted by Crippen LogP contribution is -1.96. The molecule has 0 saturated carbocycles. The van der Waals surface area contributed by atoms with Gasteiger partial charge in [0.15, 0.2) is 0 Å². The summed E-state index contributed by atoms with van der Waals surface area (Å²) in [6.45, 7) is 0. The maximum Gasteiger partial charge on any atom is 0.253 e. The fraction of sp³-hybridized carbons (Fsp3) is 0.0952. The van der Waals surface area contributed by atoms with Crippen molar-refractivity contribution in [1.82, 2.24) is 19.6 Å². The molecule has 0 saturated heterocycles. The Morgan fingerprint density at radius 2 is 1.85 bits per heavy atom. The smallest absolute Gasteiger partial charge is 0.253 e. The van der Waals surface area contributed by atoms with E-state index in [2.05, 4.69) is 39.4 Å². The van der Waals surface area contributed by atoms with E-state index in [1.807, 2.05) is 48.5 Å². The number of benzene rings is 2. The molecule has 0 aliphatic carbocycles. The fourth-order valence-corrected chi connectivity index (χ4v) is 3.32. The Morgan fingerprint density at radius 1 is 1.04 bits per heavy atom. The largest absolute Gasteiger partial charge is 0.497 e. The first-order chi connectivity index (χ1) is 13.3. The topological polar surface area (TPSA) is 52.3 Å². The van der Waals surface area contributed by atoms with Gasteiger partial charge in [-0.05, 0) is 35.9 Å². The van der Waals surface area contributed by atoms with Crippen molar-refractivity contribution in [3.63, 3.8) is 0 Å². The predicted molar refractivity (Wildman–Crippen MR) is 109 cm³/mol. The summed E-state index contributed by atoms with van der Waals surface area (Å²) in [5, 5.41) is 5.33. The summed E-state index contributed by atoms with van der Waals surface area (Å²) in [4.78, 5) is 8.85. The Morgan fingerprint density at radius 3 is 2.63 bits per heavy atom. The van der Waals surface area contributed by atoms with Crippen LogP contribution in [-0.4, -0.2) is 32.4 Å². The van der Waals surface area contributed by atoms with E-state index in [0.29, 0.717) is 10.9 Å². The lowest BCUT2D eigenvalue weighted by atomic mass is 10.1. The van der Waals surface area contributed by atoms with Crippen LogP contribution in [0.1, 0.15) is 5.56 Å². The van der Waals surface area contributed by atoms with Gasteiger partial charge < -0.3 is 4.74 Å². The maximum absolute atomic E-state index is 5.23. The number of nitrogens with zero attached hydrogens (tertiary/aromatic N) is 4. The summed E-state index contributed by atoms with van der Waals surface area (Å²) >= 11 is 1.59. The first-order valence-corrected chi connectivity index (χ1v) is 9.52. The van der Waals surface area contributed by atoms with Gasteiger partial charge >= 0.3 is 0 Å². The highest BCUT2D eigenvalue weighted by Crippen LogP contribution is 2.23. The highest BCUT2D eigenvalue weighted by Gasteiger charge is 2.10. The van der Waals surface area contributed by atoms with E-state index in [-0.39, 0.29) is 0 Å². The number of hydrogen-bond acceptors (Lipinski definition) is 5. The van der Waals surface area contributed by atoms with Gasteiger partial charge in [-0.3, -0.25) is 0 Å². The molecular weight excluding hydrogens is 356 g/mol. The molecule has 2 aromatic carbocycles. The molecule has 0 atom stereocenters. The minimum atomic E-state index is 0.595. The van der Waals surface area contributed by atoms with Gasteiger partial charge in [-0.15, -0.1) is 5.10 Å². The Balaban J connectivity index is 1.52. The SMILES string of the molecule is COc1ccc(-c2ccnc3nc(SC/C=C/c4ccccc4)nn23)cc1. The van der Waals surface area contributed by atoms with Gasteiger partial charge in [0.2, 0.25) is 5.16 Å². The van der Waals surface area contributed by atoms with Crippen LogP contribution in [0.25, 0.3) is 23.1 Å². The zero-order valence-electron chi connectivity index (χ0n) is 14.8. The van der Waals surface area contributed by atoms with Crippen LogP contribution in [0.3, 0.4) is 0 Å². The van der Waals surface area contributed by atoms with Crippen LogP contribution in [0.4, 0.5) is 0 Å². The Labute approximate surface area is 161 Å². The van der Waals surface area contributed by atoms with Crippen molar-refractivity contribution < 1.29 is 4.74 Å². The zero-order valence-corrected chi connectivity index (χ0v) is 15.6. The van der Waals surface area contributed by atoms with E-state index >= 15 is 0 Å². The first kappa shape index (κ1) is 17.3. The number of ether oxygens (including phenoxy) is 1. The van der Waals surface area contributed by atoms with E-state index in [1.165, 1.54) is 5.56 Å². The molecule has 0 N–H and O–H groups in total. The number of rotatable bonds is 6. The molecule has 0 bridgehead atoms. The van der Waals surface area contributed by atoms with E-state index < -0.39 is 0 Å². The number of thioether (sulfide) groups is 1. The monoisotopic (exact) mass is 374 g/mol. The van der Waals surface area contributed by atoms with Gasteiger partial charge in [0.05, 0.1) is 12.8 Å². The molecule has 134 valence electrons. The number of aromatic nitrogens is 4. The third-order valence-corrected chi connectivity index (χ3v) is 4.82. The second kappa shape index (κ2) is 8.05. The second-order valence-corrected chi connectivity index (χ2v) is 6.78. The van der Waals surface area contributed by atoms with E-state index in [4.69, 9.17) is 4.74 Å². The van der Waals surface area contributed by atoms with Gasteiger partial charge in [-0.2, -0.15) is 9.50 Å². The van der Waals surface area contributed by atoms with Crippen molar-refractivity contribution in [1.29, 1.82) is 0 Å². The standard InChI is InChI=1S/C21H18N4OS/c1-26-18-11-9-17(10-12-18)19-13-14-22-20-23-21(24-25(19)20)27-15-5-8-16-6-3-2-4-7-16/h2-14H,15H2,1H3/b8-5+. The minimum Gasteiger partial charge on any atom is -0.497 e. The molecule has 6 heteroatoms. The average Bonchev–Trinajstić information content (AvgIpc) is 3.15. The minimum absolute atomic E-state index is 0.595. The summed E-state index contributed by atoms with van der Waals surface area (Å²) in [5.41, 5.74) is 3.17. The summed E-state index contributed by atoms with van der Waals surface area (Å²) in [5.74, 6) is 2.21. The van der Waals surface area contributed by atoms with Gasteiger partial charge in [0, 0.05) is 17.5 Å². The van der Waals surface area contributed by atoms with Gasteiger partial charge in [-0.25, -0.2) is 4.98 Å². The summed E-state index contributed by atoms with van der Waals surface area (Å²) in [7, 11) is 1.66. The molecule has 0 aliphatic heterocycles. The van der Waals surface area contributed by atoms with Crippen LogP contribution in [0.5, 0.6) is 5.75 Å². The van der Waals surface area contributed by atoms with Crippen molar-refractivity contribution >= 4 is 23.6 Å². The summed E-state index contributed by atoms with van der Waals surface area (Å²) in [6, 6.07) is 20.0. The van der Waals surface area contributed by atoms with Crippen molar-refractivity contribution in [3.8, 4) is 17.0 Å². The van der Waals surface area contributed by atoms with Gasteiger partial charge in [0.25, 0.3) is 5.78 Å². The number of hydrogen-bond donors (Lipinski definition) is 0. The average molecular weight is 374 g/mol. The molecule has 27 heavy (non-hydrogen) atoms. The van der Waals surface area contributed by atoms with E-state index in [9.17, 15) is 0 Å². The summed E-state index contributed by atoms with van der Waals surface area (Å²) in [6.07, 6.45) is 5.97. The van der Waals surface area contributed by atoms with Gasteiger partial charge in [-0.1, -0.05) is 54.2 Å². The molecule has 4 rings (SSSR count). The van der Waals surface area contributed by atoms with Crippen molar-refractivity contribution in [2.24, 2.45) is 0 Å². The van der Waals surface area contributed by atoms with Crippen LogP contribution >= 0.6 is 11.8 Å². The lowest BCUT2D eigenvalue weighted by Gasteiger charge is -2.04. The predicted octanol–water partition coefficient (Wildman–Crippen LogP) is 4.61. The normalized spacial score (nSPS) is 11.3. The number of methoxy groups -OCH3 is 1. The van der Waals surface area contributed by atoms with Gasteiger partial charge in [0.1, 0.15) is 5.75 Å². The van der Waals surface area contributed by atoms with Crippen LogP contribution in [-0.2, 0) is 0 Å². The molecule has 2 heterocycles. The van der Waals surface area contributed by atoms with Crippen LogP contribution in [0.2, 0.25) is 0 Å². The fourth-order valence-electron chi connectivity index (χ4n) is 2.69. The third kappa shape index (κ3) is 4.01. The highest BCUT2D eigenvalue weighted by atomic mass is 32.2. The molecule has 0 aliphatic rings. The molecule has 0 spiro atoms. The Kier molecular flexibility index (Phi) is 5.16. The maximum atomic E-state index is 5.23. The highest BCUT2D eigenvalue weighted by molar-refractivity contribution is 7.99. The van der Waals surface area contributed by atoms with Crippen LogP contribution < -0.4 is 4.74 Å². The molecule has 0 amide bonds. The molecule has 0 radical (unpaired) electrons. The van der Waals surface area contributed by atoms with Crippen molar-refractivity contribution in [2.45, 2.75) is 5.16 Å². The Hall–Kier alpha value is -3.12. The summed E-state index contributed by atoms with van der Waals surface area (Å²) < 4.78 is 7.01. The molecule has 5 nitrogen and oxygen atoms in total. The Bertz CT molecular complexity index is 1060. The molecular formula is C21H18N4OS. The zero-order chi connectivity index (χ0) is 18.5.